The Morgan fingerprint density at radius 2 is 0.865 bits per heavy atom. The van der Waals surface area contributed by atoms with Gasteiger partial charge in [0, 0.05) is 22.3 Å². The van der Waals surface area contributed by atoms with Crippen molar-refractivity contribution >= 4 is 71.5 Å². The summed E-state index contributed by atoms with van der Waals surface area (Å²) in [4.78, 5) is 20.0. The molecule has 0 fully saturated rings. The highest BCUT2D eigenvalue weighted by atomic mass is 16.5. The number of aliphatic imine (C=N–C) groups is 1. The monoisotopic (exact) mass is 672 g/mol. The van der Waals surface area contributed by atoms with Crippen LogP contribution in [0.3, 0.4) is 0 Å². The number of fused-ring (bicyclic) bond motifs is 4. The number of aromatic nitrogens is 3. The van der Waals surface area contributed by atoms with E-state index in [0.29, 0.717) is 34.7 Å². The molecule has 52 heavy (non-hydrogen) atoms. The first-order valence-electron chi connectivity index (χ1n) is 17.2. The molecule has 0 amide bonds. The molecule has 3 aromatic heterocycles. The number of hydrogen-bond donors (Lipinski definition) is 0. The van der Waals surface area contributed by atoms with Crippen molar-refractivity contribution in [3.8, 4) is 34.4 Å². The summed E-state index contributed by atoms with van der Waals surface area (Å²) in [6, 6.07) is 36.2. The number of oxazole rings is 3. The summed E-state index contributed by atoms with van der Waals surface area (Å²) in [5, 5.41) is 5.98. The lowest BCUT2D eigenvalue weighted by molar-refractivity contribution is 0.255. The quantitative estimate of drug-likeness (QED) is 0.172. The van der Waals surface area contributed by atoms with E-state index in [-0.39, 0.29) is 12.1 Å². The molecule has 2 atom stereocenters. The van der Waals surface area contributed by atoms with Crippen LogP contribution in [-0.2, 0) is 4.74 Å². The Balaban J connectivity index is 1.22. The average Bonchev–Trinajstić information content (AvgIpc) is 4.00. The van der Waals surface area contributed by atoms with Crippen molar-refractivity contribution in [2.75, 3.05) is 0 Å². The van der Waals surface area contributed by atoms with E-state index in [1.54, 1.807) is 0 Å². The number of allylic oxidation sites excluding steroid dienone is 2. The highest BCUT2D eigenvalue weighted by Gasteiger charge is 2.32. The van der Waals surface area contributed by atoms with Crippen molar-refractivity contribution in [3.63, 3.8) is 0 Å². The first kappa shape index (κ1) is 27.7. The van der Waals surface area contributed by atoms with E-state index in [0.717, 1.165) is 76.7 Å². The second kappa shape index (κ2) is 10.2. The average molecular weight is 673 g/mol. The molecule has 7 aromatic carbocycles. The maximum atomic E-state index is 6.56. The lowest BCUT2D eigenvalue weighted by Gasteiger charge is -2.19. The van der Waals surface area contributed by atoms with E-state index in [1.165, 1.54) is 0 Å². The van der Waals surface area contributed by atoms with Crippen LogP contribution in [-0.4, -0.2) is 33.0 Å². The Bertz CT molecular complexity index is 3000. The number of nitrogens with zero attached hydrogens (tertiary/aromatic N) is 4. The van der Waals surface area contributed by atoms with Crippen LogP contribution in [0.4, 0.5) is 0 Å². The van der Waals surface area contributed by atoms with Gasteiger partial charge in [-0.1, -0.05) is 78.9 Å². The number of para-hydroxylation sites is 6. The molecule has 1 aliphatic carbocycles. The molecule has 0 radical (unpaired) electrons. The molecule has 0 spiro atoms. The van der Waals surface area contributed by atoms with Gasteiger partial charge < -0.3 is 18.0 Å². The lowest BCUT2D eigenvalue weighted by Crippen LogP contribution is -2.19. The summed E-state index contributed by atoms with van der Waals surface area (Å²) in [7, 11) is 0. The topological polar surface area (TPSA) is 99.7 Å². The highest BCUT2D eigenvalue weighted by molar-refractivity contribution is 6.32. The number of hydrogen-bond acceptors (Lipinski definition) is 8. The molecular formula is C44H24N4O4. The van der Waals surface area contributed by atoms with Gasteiger partial charge in [-0.2, -0.15) is 0 Å². The van der Waals surface area contributed by atoms with Crippen molar-refractivity contribution in [3.05, 3.63) is 139 Å². The molecular weight excluding hydrogens is 649 g/mol. The van der Waals surface area contributed by atoms with Crippen molar-refractivity contribution < 1.29 is 18.0 Å². The maximum Gasteiger partial charge on any atom is 0.227 e. The summed E-state index contributed by atoms with van der Waals surface area (Å²) < 4.78 is 25.9. The van der Waals surface area contributed by atoms with Gasteiger partial charge in [-0.25, -0.2) is 19.9 Å². The van der Waals surface area contributed by atoms with Gasteiger partial charge >= 0.3 is 0 Å². The van der Waals surface area contributed by atoms with E-state index in [9.17, 15) is 0 Å². The molecule has 8 heteroatoms. The number of rotatable bonds is 4. The second-order valence-electron chi connectivity index (χ2n) is 13.3. The summed E-state index contributed by atoms with van der Waals surface area (Å²) in [5.41, 5.74) is 7.89. The minimum Gasteiger partial charge on any atom is -0.467 e. The first-order valence-corrected chi connectivity index (χ1v) is 17.2. The van der Waals surface area contributed by atoms with Crippen LogP contribution >= 0.6 is 0 Å². The van der Waals surface area contributed by atoms with E-state index in [4.69, 9.17) is 37.9 Å². The molecule has 1 aliphatic heterocycles. The van der Waals surface area contributed by atoms with E-state index in [2.05, 4.69) is 48.6 Å². The normalized spacial score (nSPS) is 17.0. The fraction of sp³-hybridized carbons (Fsp3) is 0.0455. The van der Waals surface area contributed by atoms with Gasteiger partial charge in [0.2, 0.25) is 23.6 Å². The zero-order valence-corrected chi connectivity index (χ0v) is 27.3. The maximum absolute atomic E-state index is 6.56. The Morgan fingerprint density at radius 1 is 0.442 bits per heavy atom. The Hall–Kier alpha value is -7.06. The van der Waals surface area contributed by atoms with Gasteiger partial charge in [0.05, 0.1) is 0 Å². The van der Waals surface area contributed by atoms with Gasteiger partial charge in [0.15, 0.2) is 16.7 Å². The van der Waals surface area contributed by atoms with Gasteiger partial charge in [-0.3, -0.25) is 0 Å². The highest BCUT2D eigenvalue weighted by Crippen LogP contribution is 2.48. The summed E-state index contributed by atoms with van der Waals surface area (Å²) in [6.45, 7) is 0. The fourth-order valence-electron chi connectivity index (χ4n) is 7.89. The molecule has 12 rings (SSSR count). The van der Waals surface area contributed by atoms with Crippen LogP contribution in [0.25, 0.3) is 100.0 Å². The van der Waals surface area contributed by atoms with Crippen LogP contribution in [0.15, 0.2) is 152 Å². The third-order valence-corrected chi connectivity index (χ3v) is 10.3. The Morgan fingerprint density at radius 3 is 1.33 bits per heavy atom. The standard InChI is InChI=1S/C44H24N4O4/c1-5-13-35-31(9-1)45-41(49-35)27-21-28(42-46-32-10-2-6-14-36(32)50-42)24-19-20-26-30(44-48-34-12-4-8-16-38(34)52-44)22-29(25-18-17-23(27)39(24)40(25)26)43-47-33-11-3-7-15-37(33)51-43/h1-22,31,35H. The van der Waals surface area contributed by atoms with Gasteiger partial charge in [-0.05, 0) is 86.9 Å². The molecule has 0 N–H and O–H groups in total. The molecule has 10 aromatic rings. The minimum atomic E-state index is -0.164. The molecule has 2 unspecified atom stereocenters. The van der Waals surface area contributed by atoms with Crippen molar-refractivity contribution in [1.29, 1.82) is 0 Å². The van der Waals surface area contributed by atoms with Gasteiger partial charge in [-0.15, -0.1) is 0 Å². The third kappa shape index (κ3) is 3.91. The first-order chi connectivity index (χ1) is 25.7. The Kier molecular flexibility index (Phi) is 5.46. The van der Waals surface area contributed by atoms with Crippen LogP contribution in [0.2, 0.25) is 0 Å². The Labute approximate surface area is 294 Å². The van der Waals surface area contributed by atoms with E-state index in [1.807, 2.05) is 84.9 Å². The van der Waals surface area contributed by atoms with Crippen LogP contribution in [0.1, 0.15) is 5.56 Å². The molecule has 2 aliphatic rings. The zero-order valence-electron chi connectivity index (χ0n) is 27.3. The summed E-state index contributed by atoms with van der Waals surface area (Å²) in [5.74, 6) is 2.14. The van der Waals surface area contributed by atoms with Crippen molar-refractivity contribution in [2.24, 2.45) is 4.99 Å². The fourth-order valence-corrected chi connectivity index (χ4v) is 7.89. The largest absolute Gasteiger partial charge is 0.467 e. The zero-order chi connectivity index (χ0) is 33.9. The van der Waals surface area contributed by atoms with Crippen LogP contribution in [0, 0.1) is 0 Å². The second-order valence-corrected chi connectivity index (χ2v) is 13.3. The van der Waals surface area contributed by atoms with Crippen LogP contribution < -0.4 is 0 Å². The predicted molar refractivity (Wildman–Crippen MR) is 203 cm³/mol. The molecule has 0 bridgehead atoms. The molecule has 4 heterocycles. The van der Waals surface area contributed by atoms with Crippen molar-refractivity contribution in [1.82, 2.24) is 15.0 Å². The van der Waals surface area contributed by atoms with Gasteiger partial charge in [0.1, 0.15) is 28.7 Å². The van der Waals surface area contributed by atoms with Crippen molar-refractivity contribution in [2.45, 2.75) is 12.1 Å². The third-order valence-electron chi connectivity index (χ3n) is 10.3. The molecule has 0 saturated heterocycles. The SMILES string of the molecule is C1=CC2N=C(c3cc(-c4nc5ccccc5o4)c4ccc5c(-c6nc7ccccc7o6)cc(-c6nc7ccccc7o6)c6ccc3c4c65)OC2C=C1. The number of ether oxygens (including phenoxy) is 1. The van der Waals surface area contributed by atoms with Crippen LogP contribution in [0.5, 0.6) is 0 Å². The smallest absolute Gasteiger partial charge is 0.227 e. The summed E-state index contributed by atoms with van der Waals surface area (Å²) in [6.07, 6.45) is 8.00. The molecule has 244 valence electrons. The van der Waals surface area contributed by atoms with E-state index < -0.39 is 0 Å². The molecule has 8 nitrogen and oxygen atoms in total. The minimum absolute atomic E-state index is 0.0946. The predicted octanol–water partition coefficient (Wildman–Crippen LogP) is 10.6. The van der Waals surface area contributed by atoms with Gasteiger partial charge in [0.25, 0.3) is 0 Å². The number of benzene rings is 7. The van der Waals surface area contributed by atoms with E-state index >= 15 is 0 Å². The molecule has 0 saturated carbocycles. The lowest BCUT2D eigenvalue weighted by atomic mass is 9.86. The summed E-state index contributed by atoms with van der Waals surface area (Å²) >= 11 is 0.